The van der Waals surface area contributed by atoms with E-state index < -0.39 is 0 Å². The van der Waals surface area contributed by atoms with Crippen molar-refractivity contribution in [2.24, 2.45) is 5.92 Å². The Kier molecular flexibility index (Phi) is 5.09. The van der Waals surface area contributed by atoms with Crippen molar-refractivity contribution in [2.45, 2.75) is 57.9 Å². The molecular weight excluding hydrogens is 273 g/mol. The highest BCUT2D eigenvalue weighted by Gasteiger charge is 2.46. The first-order valence-electron chi connectivity index (χ1n) is 7.66. The topological polar surface area (TPSA) is 12.0 Å². The molecule has 0 heterocycles. The van der Waals surface area contributed by atoms with Crippen LogP contribution in [0.4, 0.5) is 4.39 Å². The van der Waals surface area contributed by atoms with Gasteiger partial charge in [0.2, 0.25) is 0 Å². The Morgan fingerprint density at radius 1 is 1.40 bits per heavy atom. The standard InChI is InChI=1S/C17H25ClFN/c1-4-6-13-9-17(10-13,11-20-12(2)3)14-7-5-8-15(18)16(14)19/h5,7-8,12-13,20H,4,6,9-11H2,1-3H3. The fourth-order valence-corrected chi connectivity index (χ4v) is 3.60. The average Bonchev–Trinajstić information content (AvgIpc) is 2.35. The van der Waals surface area contributed by atoms with E-state index >= 15 is 0 Å². The van der Waals surface area contributed by atoms with Crippen LogP contribution >= 0.6 is 11.6 Å². The van der Waals surface area contributed by atoms with Gasteiger partial charge in [0.15, 0.2) is 0 Å². The van der Waals surface area contributed by atoms with E-state index in [1.165, 1.54) is 12.8 Å². The highest BCUT2D eigenvalue weighted by atomic mass is 35.5. The predicted molar refractivity (Wildman–Crippen MR) is 83.9 cm³/mol. The second-order valence-corrected chi connectivity index (χ2v) is 6.89. The second-order valence-electron chi connectivity index (χ2n) is 6.48. The number of hydrogen-bond acceptors (Lipinski definition) is 1. The minimum absolute atomic E-state index is 0.0703. The molecule has 0 atom stereocenters. The van der Waals surface area contributed by atoms with Crippen molar-refractivity contribution in [3.05, 3.63) is 34.6 Å². The van der Waals surface area contributed by atoms with Gasteiger partial charge >= 0.3 is 0 Å². The third-order valence-corrected chi connectivity index (χ3v) is 4.72. The van der Waals surface area contributed by atoms with E-state index in [-0.39, 0.29) is 16.3 Å². The summed E-state index contributed by atoms with van der Waals surface area (Å²) in [4.78, 5) is 0. The molecule has 0 spiro atoms. The average molecular weight is 298 g/mol. The van der Waals surface area contributed by atoms with Gasteiger partial charge in [-0.15, -0.1) is 0 Å². The molecule has 0 unspecified atom stereocenters. The van der Waals surface area contributed by atoms with Gasteiger partial charge in [-0.1, -0.05) is 57.3 Å². The molecule has 1 saturated carbocycles. The molecule has 0 aromatic heterocycles. The van der Waals surface area contributed by atoms with Crippen LogP contribution in [0.5, 0.6) is 0 Å². The summed E-state index contributed by atoms with van der Waals surface area (Å²) in [5.41, 5.74) is 0.726. The third-order valence-electron chi connectivity index (χ3n) is 4.43. The van der Waals surface area contributed by atoms with E-state index in [1.807, 2.05) is 12.1 Å². The lowest BCUT2D eigenvalue weighted by atomic mass is 9.57. The first-order valence-corrected chi connectivity index (χ1v) is 8.04. The minimum atomic E-state index is -0.227. The Morgan fingerprint density at radius 3 is 2.70 bits per heavy atom. The molecule has 1 fully saturated rings. The molecule has 2 rings (SSSR count). The number of benzene rings is 1. The molecule has 0 aliphatic heterocycles. The highest BCUT2D eigenvalue weighted by Crippen LogP contribution is 2.50. The molecule has 1 nitrogen and oxygen atoms in total. The van der Waals surface area contributed by atoms with E-state index in [0.717, 1.165) is 30.9 Å². The number of rotatable bonds is 6. The second kappa shape index (κ2) is 6.44. The van der Waals surface area contributed by atoms with Crippen LogP contribution in [0, 0.1) is 11.7 Å². The lowest BCUT2D eigenvalue weighted by molar-refractivity contribution is 0.122. The van der Waals surface area contributed by atoms with Crippen LogP contribution in [0.25, 0.3) is 0 Å². The van der Waals surface area contributed by atoms with Gasteiger partial charge in [0.25, 0.3) is 0 Å². The Bertz CT molecular complexity index is 452. The maximum atomic E-state index is 14.4. The van der Waals surface area contributed by atoms with Crippen LogP contribution in [0.15, 0.2) is 18.2 Å². The van der Waals surface area contributed by atoms with Crippen molar-refractivity contribution in [3.63, 3.8) is 0 Å². The fourth-order valence-electron chi connectivity index (χ4n) is 3.43. The van der Waals surface area contributed by atoms with E-state index in [0.29, 0.717) is 6.04 Å². The van der Waals surface area contributed by atoms with Gasteiger partial charge < -0.3 is 5.32 Å². The monoisotopic (exact) mass is 297 g/mol. The Morgan fingerprint density at radius 2 is 2.10 bits per heavy atom. The van der Waals surface area contributed by atoms with E-state index in [1.54, 1.807) is 6.07 Å². The molecule has 0 radical (unpaired) electrons. The van der Waals surface area contributed by atoms with Crippen LogP contribution in [0.2, 0.25) is 5.02 Å². The molecule has 112 valence electrons. The van der Waals surface area contributed by atoms with E-state index in [2.05, 4.69) is 26.1 Å². The summed E-state index contributed by atoms with van der Waals surface area (Å²) in [6.07, 6.45) is 4.58. The van der Waals surface area contributed by atoms with Gasteiger partial charge in [-0.25, -0.2) is 4.39 Å². The SMILES string of the molecule is CCCC1CC(CNC(C)C)(c2cccc(Cl)c2F)C1. The highest BCUT2D eigenvalue weighted by molar-refractivity contribution is 6.30. The molecule has 1 aliphatic rings. The normalized spacial score (nSPS) is 25.8. The molecule has 1 aliphatic carbocycles. The van der Waals surface area contributed by atoms with Gasteiger partial charge in [-0.3, -0.25) is 0 Å². The quantitative estimate of drug-likeness (QED) is 0.785. The number of hydrogen-bond donors (Lipinski definition) is 1. The van der Waals surface area contributed by atoms with Gasteiger partial charge in [-0.05, 0) is 30.4 Å². The maximum Gasteiger partial charge on any atom is 0.145 e. The zero-order chi connectivity index (χ0) is 14.8. The molecule has 20 heavy (non-hydrogen) atoms. The zero-order valence-electron chi connectivity index (χ0n) is 12.7. The van der Waals surface area contributed by atoms with Crippen LogP contribution < -0.4 is 5.32 Å². The Balaban J connectivity index is 2.21. The predicted octanol–water partition coefficient (Wildman–Crippen LogP) is 4.93. The van der Waals surface area contributed by atoms with Gasteiger partial charge in [0.1, 0.15) is 5.82 Å². The largest absolute Gasteiger partial charge is 0.314 e. The summed E-state index contributed by atoms with van der Waals surface area (Å²) >= 11 is 5.97. The van der Waals surface area contributed by atoms with E-state index in [4.69, 9.17) is 11.6 Å². The zero-order valence-corrected chi connectivity index (χ0v) is 13.4. The molecular formula is C17H25ClFN. The molecule has 0 saturated heterocycles. The first-order chi connectivity index (χ1) is 9.48. The Labute approximate surface area is 126 Å². The van der Waals surface area contributed by atoms with Crippen LogP contribution in [-0.2, 0) is 5.41 Å². The van der Waals surface area contributed by atoms with Crippen LogP contribution in [0.3, 0.4) is 0 Å². The lowest BCUT2D eigenvalue weighted by Crippen LogP contribution is -2.50. The third kappa shape index (κ3) is 3.17. The van der Waals surface area contributed by atoms with Crippen molar-refractivity contribution in [1.82, 2.24) is 5.32 Å². The summed E-state index contributed by atoms with van der Waals surface area (Å²) in [5, 5.41) is 3.73. The molecule has 1 aromatic carbocycles. The number of halogens is 2. The Hall–Kier alpha value is -0.600. The number of nitrogens with one attached hydrogen (secondary N) is 1. The summed E-state index contributed by atoms with van der Waals surface area (Å²) in [6, 6.07) is 5.82. The first kappa shape index (κ1) is 15.8. The van der Waals surface area contributed by atoms with Gasteiger partial charge in [-0.2, -0.15) is 0 Å². The summed E-state index contributed by atoms with van der Waals surface area (Å²) in [7, 11) is 0. The van der Waals surface area contributed by atoms with Crippen molar-refractivity contribution >= 4 is 11.6 Å². The van der Waals surface area contributed by atoms with Crippen molar-refractivity contribution in [3.8, 4) is 0 Å². The smallest absolute Gasteiger partial charge is 0.145 e. The van der Waals surface area contributed by atoms with E-state index in [9.17, 15) is 4.39 Å². The minimum Gasteiger partial charge on any atom is -0.314 e. The van der Waals surface area contributed by atoms with Crippen molar-refractivity contribution < 1.29 is 4.39 Å². The summed E-state index contributed by atoms with van der Waals surface area (Å²) in [6.45, 7) is 7.31. The molecule has 3 heteroatoms. The van der Waals surface area contributed by atoms with Gasteiger partial charge in [0, 0.05) is 18.0 Å². The molecule has 1 N–H and O–H groups in total. The van der Waals surface area contributed by atoms with Crippen LogP contribution in [0.1, 0.15) is 52.0 Å². The van der Waals surface area contributed by atoms with Crippen LogP contribution in [-0.4, -0.2) is 12.6 Å². The fraction of sp³-hybridized carbons (Fsp3) is 0.647. The van der Waals surface area contributed by atoms with Crippen molar-refractivity contribution in [2.75, 3.05) is 6.54 Å². The summed E-state index contributed by atoms with van der Waals surface area (Å²) in [5.74, 6) is 0.502. The van der Waals surface area contributed by atoms with Gasteiger partial charge in [0.05, 0.1) is 5.02 Å². The molecule has 0 amide bonds. The summed E-state index contributed by atoms with van der Waals surface area (Å²) < 4.78 is 14.4. The van der Waals surface area contributed by atoms with Crippen molar-refractivity contribution in [1.29, 1.82) is 0 Å². The molecule has 0 bridgehead atoms. The molecule has 1 aromatic rings. The maximum absolute atomic E-state index is 14.4. The lowest BCUT2D eigenvalue weighted by Gasteiger charge is -2.49.